The van der Waals surface area contributed by atoms with Crippen LogP contribution in [0, 0.1) is 11.7 Å². The van der Waals surface area contributed by atoms with Gasteiger partial charge >= 0.3 is 0 Å². The van der Waals surface area contributed by atoms with Gasteiger partial charge in [-0.2, -0.15) is 0 Å². The van der Waals surface area contributed by atoms with Crippen molar-refractivity contribution in [3.8, 4) is 0 Å². The molecule has 1 aromatic carbocycles. The van der Waals surface area contributed by atoms with Gasteiger partial charge in [-0.25, -0.2) is 4.39 Å². The zero-order valence-electron chi connectivity index (χ0n) is 11.7. The van der Waals surface area contributed by atoms with Gasteiger partial charge in [-0.1, -0.05) is 13.8 Å². The number of benzene rings is 1. The number of halogens is 1. The summed E-state index contributed by atoms with van der Waals surface area (Å²) >= 11 is 0. The molecule has 1 aromatic rings. The van der Waals surface area contributed by atoms with Crippen LogP contribution in [0.15, 0.2) is 18.2 Å². The molecule has 1 rings (SSSR count). The van der Waals surface area contributed by atoms with Crippen LogP contribution in [0.4, 0.5) is 15.8 Å². The summed E-state index contributed by atoms with van der Waals surface area (Å²) in [5, 5.41) is 2.48. The Balaban J connectivity index is 2.66. The average Bonchev–Trinajstić information content (AvgIpc) is 2.33. The van der Waals surface area contributed by atoms with Crippen molar-refractivity contribution < 1.29 is 13.9 Å². The molecule has 0 bridgehead atoms. The Kier molecular flexibility index (Phi) is 5.30. The van der Waals surface area contributed by atoms with Gasteiger partial charge in [0.2, 0.25) is 0 Å². The highest BCUT2D eigenvalue weighted by atomic mass is 19.1. The SMILES string of the molecule is CC(OC(C)C(C)C)C(=O)Nc1cc(N)ccc1F. The van der Waals surface area contributed by atoms with Crippen molar-refractivity contribution in [3.05, 3.63) is 24.0 Å². The molecule has 5 heteroatoms. The molecule has 0 aliphatic carbocycles. The Morgan fingerprint density at radius 1 is 1.32 bits per heavy atom. The van der Waals surface area contributed by atoms with Crippen molar-refractivity contribution in [3.63, 3.8) is 0 Å². The molecular weight excluding hydrogens is 247 g/mol. The lowest BCUT2D eigenvalue weighted by molar-refractivity contribution is -0.130. The van der Waals surface area contributed by atoms with E-state index in [0.29, 0.717) is 11.6 Å². The predicted octanol–water partition coefficient (Wildman–Crippen LogP) is 2.80. The number of carbonyl (C=O) groups excluding carboxylic acids is 1. The van der Waals surface area contributed by atoms with Gasteiger partial charge in [-0.3, -0.25) is 4.79 Å². The average molecular weight is 268 g/mol. The fourth-order valence-corrected chi connectivity index (χ4v) is 1.41. The van der Waals surface area contributed by atoms with Crippen molar-refractivity contribution in [2.75, 3.05) is 11.1 Å². The van der Waals surface area contributed by atoms with Crippen LogP contribution in [0.5, 0.6) is 0 Å². The number of rotatable bonds is 5. The first-order valence-corrected chi connectivity index (χ1v) is 6.32. The normalized spacial score (nSPS) is 14.2. The fourth-order valence-electron chi connectivity index (χ4n) is 1.41. The van der Waals surface area contributed by atoms with Crippen LogP contribution >= 0.6 is 0 Å². The number of hydrogen-bond acceptors (Lipinski definition) is 3. The Labute approximate surface area is 113 Å². The summed E-state index contributed by atoms with van der Waals surface area (Å²) in [4.78, 5) is 11.9. The zero-order valence-corrected chi connectivity index (χ0v) is 11.7. The number of anilines is 2. The van der Waals surface area contributed by atoms with Gasteiger partial charge in [-0.05, 0) is 38.0 Å². The molecule has 2 unspecified atom stereocenters. The van der Waals surface area contributed by atoms with Crippen LogP contribution in [-0.4, -0.2) is 18.1 Å². The molecule has 3 N–H and O–H groups in total. The lowest BCUT2D eigenvalue weighted by Crippen LogP contribution is -2.32. The topological polar surface area (TPSA) is 64.3 Å². The van der Waals surface area contributed by atoms with Crippen molar-refractivity contribution in [2.24, 2.45) is 5.92 Å². The third-order valence-electron chi connectivity index (χ3n) is 2.98. The maximum Gasteiger partial charge on any atom is 0.253 e. The maximum atomic E-state index is 13.5. The number of nitrogens with two attached hydrogens (primary N) is 1. The van der Waals surface area contributed by atoms with Crippen LogP contribution in [0.2, 0.25) is 0 Å². The standard InChI is InChI=1S/C14H21FN2O2/c1-8(2)9(3)19-10(4)14(18)17-13-7-11(16)5-6-12(13)15/h5-10H,16H2,1-4H3,(H,17,18). The summed E-state index contributed by atoms with van der Waals surface area (Å²) in [6.45, 7) is 7.55. The molecule has 0 heterocycles. The highest BCUT2D eigenvalue weighted by Gasteiger charge is 2.19. The predicted molar refractivity (Wildman–Crippen MR) is 74.3 cm³/mol. The van der Waals surface area contributed by atoms with Crippen LogP contribution < -0.4 is 11.1 Å². The third kappa shape index (κ3) is 4.52. The van der Waals surface area contributed by atoms with Gasteiger partial charge in [0.05, 0.1) is 11.8 Å². The quantitative estimate of drug-likeness (QED) is 0.807. The van der Waals surface area contributed by atoms with E-state index in [0.717, 1.165) is 0 Å². The number of carbonyl (C=O) groups is 1. The fraction of sp³-hybridized carbons (Fsp3) is 0.500. The second-order valence-electron chi connectivity index (χ2n) is 4.96. The number of nitrogen functional groups attached to an aromatic ring is 1. The number of ether oxygens (including phenoxy) is 1. The molecule has 0 radical (unpaired) electrons. The molecule has 0 aromatic heterocycles. The van der Waals surface area contributed by atoms with Gasteiger partial charge in [-0.15, -0.1) is 0 Å². The molecule has 4 nitrogen and oxygen atoms in total. The van der Waals surface area contributed by atoms with E-state index in [1.807, 2.05) is 20.8 Å². The zero-order chi connectivity index (χ0) is 14.6. The first-order valence-electron chi connectivity index (χ1n) is 6.32. The summed E-state index contributed by atoms with van der Waals surface area (Å²) in [6, 6.07) is 4.03. The summed E-state index contributed by atoms with van der Waals surface area (Å²) < 4.78 is 19.0. The third-order valence-corrected chi connectivity index (χ3v) is 2.98. The van der Waals surface area contributed by atoms with Gasteiger partial charge < -0.3 is 15.8 Å². The molecule has 19 heavy (non-hydrogen) atoms. The van der Waals surface area contributed by atoms with Crippen molar-refractivity contribution >= 4 is 17.3 Å². The van der Waals surface area contributed by atoms with E-state index in [9.17, 15) is 9.18 Å². The van der Waals surface area contributed by atoms with E-state index in [4.69, 9.17) is 10.5 Å². The first-order chi connectivity index (χ1) is 8.81. The first kappa shape index (κ1) is 15.4. The monoisotopic (exact) mass is 268 g/mol. The van der Waals surface area contributed by atoms with E-state index in [1.165, 1.54) is 18.2 Å². The summed E-state index contributed by atoms with van der Waals surface area (Å²) in [7, 11) is 0. The Morgan fingerprint density at radius 3 is 2.53 bits per heavy atom. The van der Waals surface area contributed by atoms with Crippen LogP contribution in [0.1, 0.15) is 27.7 Å². The smallest absolute Gasteiger partial charge is 0.253 e. The van der Waals surface area contributed by atoms with Crippen molar-refractivity contribution in [2.45, 2.75) is 39.9 Å². The molecule has 0 saturated heterocycles. The van der Waals surface area contributed by atoms with Crippen LogP contribution in [-0.2, 0) is 9.53 Å². The molecule has 2 atom stereocenters. The lowest BCUT2D eigenvalue weighted by Gasteiger charge is -2.21. The summed E-state index contributed by atoms with van der Waals surface area (Å²) in [5.74, 6) is -0.608. The Morgan fingerprint density at radius 2 is 1.95 bits per heavy atom. The van der Waals surface area contributed by atoms with Crippen molar-refractivity contribution in [1.29, 1.82) is 0 Å². The summed E-state index contributed by atoms with van der Waals surface area (Å²) in [5.41, 5.74) is 6.01. The molecular formula is C14H21FN2O2. The molecule has 1 amide bonds. The van der Waals surface area contributed by atoms with Gasteiger partial charge in [0.25, 0.3) is 5.91 Å². The van der Waals surface area contributed by atoms with Gasteiger partial charge in [0, 0.05) is 5.69 Å². The van der Waals surface area contributed by atoms with E-state index >= 15 is 0 Å². The molecule has 106 valence electrons. The molecule has 0 fully saturated rings. The summed E-state index contributed by atoms with van der Waals surface area (Å²) in [6.07, 6.45) is -0.704. The minimum absolute atomic E-state index is 0.0496. The number of nitrogens with one attached hydrogen (secondary N) is 1. The molecule has 0 aliphatic rings. The highest BCUT2D eigenvalue weighted by molar-refractivity contribution is 5.94. The minimum Gasteiger partial charge on any atom is -0.399 e. The number of amides is 1. The van der Waals surface area contributed by atoms with E-state index in [2.05, 4.69) is 5.32 Å². The Bertz CT molecular complexity index is 449. The molecule has 0 spiro atoms. The molecule has 0 aliphatic heterocycles. The second kappa shape index (κ2) is 6.52. The number of hydrogen-bond donors (Lipinski definition) is 2. The van der Waals surface area contributed by atoms with E-state index < -0.39 is 17.8 Å². The second-order valence-corrected chi connectivity index (χ2v) is 4.96. The molecule has 0 saturated carbocycles. The maximum absolute atomic E-state index is 13.5. The lowest BCUT2D eigenvalue weighted by atomic mass is 10.1. The van der Waals surface area contributed by atoms with Gasteiger partial charge in [0.1, 0.15) is 11.9 Å². The van der Waals surface area contributed by atoms with Gasteiger partial charge in [0.15, 0.2) is 0 Å². The minimum atomic E-state index is -0.654. The van der Waals surface area contributed by atoms with Crippen LogP contribution in [0.3, 0.4) is 0 Å². The van der Waals surface area contributed by atoms with Crippen LogP contribution in [0.25, 0.3) is 0 Å². The Hall–Kier alpha value is -1.62. The van der Waals surface area contributed by atoms with E-state index in [1.54, 1.807) is 6.92 Å². The largest absolute Gasteiger partial charge is 0.399 e. The van der Waals surface area contributed by atoms with Crippen molar-refractivity contribution in [1.82, 2.24) is 0 Å². The van der Waals surface area contributed by atoms with E-state index in [-0.39, 0.29) is 11.8 Å². The highest BCUT2D eigenvalue weighted by Crippen LogP contribution is 2.18.